The molecule has 0 aliphatic heterocycles. The van der Waals surface area contributed by atoms with Gasteiger partial charge < -0.3 is 10.8 Å². The fourth-order valence-corrected chi connectivity index (χ4v) is 4.06. The van der Waals surface area contributed by atoms with Crippen LogP contribution >= 0.6 is 0 Å². The van der Waals surface area contributed by atoms with Gasteiger partial charge >= 0.3 is 0 Å². The summed E-state index contributed by atoms with van der Waals surface area (Å²) in [6, 6.07) is 3.82. The standard InChI is InChI=1S/C14H20N2O/c15-9-14(8-10-1-2-12(14)7-10)13(17)11-3-5-16-6-4-11/h3-6,10,12-13,17H,1-2,7-9,15H2. The molecule has 0 aromatic carbocycles. The van der Waals surface area contributed by atoms with Gasteiger partial charge in [-0.15, -0.1) is 0 Å². The van der Waals surface area contributed by atoms with Gasteiger partial charge in [-0.2, -0.15) is 0 Å². The highest BCUT2D eigenvalue weighted by molar-refractivity contribution is 5.19. The summed E-state index contributed by atoms with van der Waals surface area (Å²) in [5.41, 5.74) is 6.91. The lowest BCUT2D eigenvalue weighted by atomic mass is 9.67. The maximum absolute atomic E-state index is 10.7. The molecule has 0 amide bonds. The zero-order chi connectivity index (χ0) is 11.9. The Balaban J connectivity index is 1.91. The van der Waals surface area contributed by atoms with Crippen LogP contribution in [0, 0.1) is 17.3 Å². The Labute approximate surface area is 102 Å². The van der Waals surface area contributed by atoms with Crippen LogP contribution < -0.4 is 5.73 Å². The third-order valence-electron chi connectivity index (χ3n) is 4.97. The van der Waals surface area contributed by atoms with E-state index in [-0.39, 0.29) is 5.41 Å². The number of pyridine rings is 1. The average molecular weight is 232 g/mol. The second-order valence-electron chi connectivity index (χ2n) is 5.70. The van der Waals surface area contributed by atoms with Crippen molar-refractivity contribution in [1.29, 1.82) is 0 Å². The Morgan fingerprint density at radius 2 is 2.18 bits per heavy atom. The first-order valence-corrected chi connectivity index (χ1v) is 6.54. The van der Waals surface area contributed by atoms with Gasteiger partial charge in [-0.05, 0) is 48.8 Å². The number of aliphatic hydroxyl groups is 1. The topological polar surface area (TPSA) is 59.1 Å². The number of aromatic nitrogens is 1. The van der Waals surface area contributed by atoms with Crippen LogP contribution in [0.25, 0.3) is 0 Å². The molecule has 92 valence electrons. The third-order valence-corrected chi connectivity index (χ3v) is 4.97. The van der Waals surface area contributed by atoms with E-state index < -0.39 is 6.10 Å². The number of hydrogen-bond donors (Lipinski definition) is 2. The molecule has 2 fully saturated rings. The van der Waals surface area contributed by atoms with E-state index in [4.69, 9.17) is 5.73 Å². The van der Waals surface area contributed by atoms with Crippen molar-refractivity contribution >= 4 is 0 Å². The molecule has 17 heavy (non-hydrogen) atoms. The Hall–Kier alpha value is -0.930. The molecule has 1 aromatic heterocycles. The molecule has 0 saturated heterocycles. The fourth-order valence-electron chi connectivity index (χ4n) is 4.06. The minimum absolute atomic E-state index is 0.0791. The molecule has 0 spiro atoms. The van der Waals surface area contributed by atoms with Gasteiger partial charge in [0.05, 0.1) is 6.10 Å². The summed E-state index contributed by atoms with van der Waals surface area (Å²) in [6.45, 7) is 0.595. The zero-order valence-electron chi connectivity index (χ0n) is 10.0. The number of aliphatic hydroxyl groups excluding tert-OH is 1. The molecule has 3 N–H and O–H groups in total. The van der Waals surface area contributed by atoms with Gasteiger partial charge in [0, 0.05) is 24.4 Å². The summed E-state index contributed by atoms with van der Waals surface area (Å²) in [5.74, 6) is 1.40. The van der Waals surface area contributed by atoms with Crippen molar-refractivity contribution in [3.8, 4) is 0 Å². The smallest absolute Gasteiger partial charge is 0.0862 e. The van der Waals surface area contributed by atoms with Crippen LogP contribution in [-0.4, -0.2) is 16.6 Å². The first-order valence-electron chi connectivity index (χ1n) is 6.54. The van der Waals surface area contributed by atoms with Gasteiger partial charge in [0.1, 0.15) is 0 Å². The molecule has 3 rings (SSSR count). The predicted octanol–water partition coefficient (Wildman–Crippen LogP) is 1.88. The van der Waals surface area contributed by atoms with Crippen LogP contribution in [-0.2, 0) is 0 Å². The van der Waals surface area contributed by atoms with Crippen LogP contribution in [0.1, 0.15) is 37.4 Å². The molecule has 3 heteroatoms. The van der Waals surface area contributed by atoms with Crippen molar-refractivity contribution in [1.82, 2.24) is 4.98 Å². The Morgan fingerprint density at radius 1 is 1.41 bits per heavy atom. The molecule has 2 aliphatic carbocycles. The van der Waals surface area contributed by atoms with Gasteiger partial charge in [0.15, 0.2) is 0 Å². The number of nitrogens with zero attached hydrogens (tertiary/aromatic N) is 1. The molecule has 1 aromatic rings. The summed E-state index contributed by atoms with van der Waals surface area (Å²) < 4.78 is 0. The van der Waals surface area contributed by atoms with Crippen molar-refractivity contribution in [2.45, 2.75) is 31.8 Å². The average Bonchev–Trinajstić information content (AvgIpc) is 2.99. The van der Waals surface area contributed by atoms with Gasteiger partial charge in [-0.1, -0.05) is 6.42 Å². The van der Waals surface area contributed by atoms with E-state index in [1.54, 1.807) is 12.4 Å². The largest absolute Gasteiger partial charge is 0.388 e. The Bertz CT molecular complexity index is 394. The molecule has 2 aliphatic rings. The Kier molecular flexibility index (Phi) is 2.68. The summed E-state index contributed by atoms with van der Waals surface area (Å²) >= 11 is 0. The maximum atomic E-state index is 10.7. The number of hydrogen-bond acceptors (Lipinski definition) is 3. The summed E-state index contributed by atoms with van der Waals surface area (Å²) in [7, 11) is 0. The van der Waals surface area contributed by atoms with E-state index in [1.807, 2.05) is 12.1 Å². The van der Waals surface area contributed by atoms with Gasteiger partial charge in [0.25, 0.3) is 0 Å². The van der Waals surface area contributed by atoms with Crippen molar-refractivity contribution in [3.05, 3.63) is 30.1 Å². The summed E-state index contributed by atoms with van der Waals surface area (Å²) in [6.07, 6.45) is 7.99. The van der Waals surface area contributed by atoms with E-state index in [2.05, 4.69) is 4.98 Å². The molecule has 2 saturated carbocycles. The minimum Gasteiger partial charge on any atom is -0.388 e. The van der Waals surface area contributed by atoms with Crippen LogP contribution in [0.2, 0.25) is 0 Å². The van der Waals surface area contributed by atoms with Gasteiger partial charge in [0.2, 0.25) is 0 Å². The van der Waals surface area contributed by atoms with Crippen LogP contribution in [0.4, 0.5) is 0 Å². The highest BCUT2D eigenvalue weighted by Gasteiger charge is 2.54. The SMILES string of the molecule is NCC1(C(O)c2ccncc2)CC2CCC1C2. The second-order valence-corrected chi connectivity index (χ2v) is 5.70. The number of fused-ring (bicyclic) bond motifs is 2. The first-order chi connectivity index (χ1) is 8.26. The molecule has 4 unspecified atom stereocenters. The molecule has 4 atom stereocenters. The normalized spacial score (nSPS) is 37.3. The lowest BCUT2D eigenvalue weighted by molar-refractivity contribution is -0.0130. The van der Waals surface area contributed by atoms with E-state index in [9.17, 15) is 5.11 Å². The molecule has 3 nitrogen and oxygen atoms in total. The lowest BCUT2D eigenvalue weighted by Gasteiger charge is -2.41. The van der Waals surface area contributed by atoms with Crippen molar-refractivity contribution in [2.24, 2.45) is 23.0 Å². The minimum atomic E-state index is -0.425. The number of nitrogens with two attached hydrogens (primary N) is 1. The molecule has 2 bridgehead atoms. The summed E-state index contributed by atoms with van der Waals surface area (Å²) in [4.78, 5) is 4.01. The molecular formula is C14H20N2O. The van der Waals surface area contributed by atoms with E-state index in [1.165, 1.54) is 19.3 Å². The van der Waals surface area contributed by atoms with Crippen molar-refractivity contribution < 1.29 is 5.11 Å². The molecule has 0 radical (unpaired) electrons. The van der Waals surface area contributed by atoms with Crippen LogP contribution in [0.5, 0.6) is 0 Å². The zero-order valence-corrected chi connectivity index (χ0v) is 10.0. The fraction of sp³-hybridized carbons (Fsp3) is 0.643. The van der Waals surface area contributed by atoms with Gasteiger partial charge in [-0.3, -0.25) is 4.98 Å². The second kappa shape index (κ2) is 4.07. The van der Waals surface area contributed by atoms with Crippen molar-refractivity contribution in [3.63, 3.8) is 0 Å². The van der Waals surface area contributed by atoms with E-state index >= 15 is 0 Å². The molecular weight excluding hydrogens is 212 g/mol. The third kappa shape index (κ3) is 1.60. The molecule has 1 heterocycles. The van der Waals surface area contributed by atoms with Crippen molar-refractivity contribution in [2.75, 3.05) is 6.54 Å². The summed E-state index contributed by atoms with van der Waals surface area (Å²) in [5, 5.41) is 10.7. The van der Waals surface area contributed by atoms with E-state index in [0.29, 0.717) is 12.5 Å². The monoisotopic (exact) mass is 232 g/mol. The van der Waals surface area contributed by atoms with E-state index in [0.717, 1.165) is 17.9 Å². The van der Waals surface area contributed by atoms with Gasteiger partial charge in [-0.25, -0.2) is 0 Å². The number of rotatable bonds is 3. The predicted molar refractivity (Wildman–Crippen MR) is 66.1 cm³/mol. The first kappa shape index (κ1) is 11.2. The van der Waals surface area contributed by atoms with Crippen LogP contribution in [0.15, 0.2) is 24.5 Å². The Morgan fingerprint density at radius 3 is 2.71 bits per heavy atom. The maximum Gasteiger partial charge on any atom is 0.0862 e. The quantitative estimate of drug-likeness (QED) is 0.836. The highest BCUT2D eigenvalue weighted by Crippen LogP contribution is 2.60. The lowest BCUT2D eigenvalue weighted by Crippen LogP contribution is -2.41. The van der Waals surface area contributed by atoms with Crippen LogP contribution in [0.3, 0.4) is 0 Å². The highest BCUT2D eigenvalue weighted by atomic mass is 16.3.